The monoisotopic (exact) mass is 435 g/mol. The fraction of sp³-hybridized carbons (Fsp3) is 0.136. The molecular weight excluding hydrogens is 414 g/mol. The van der Waals surface area contributed by atoms with Crippen LogP contribution in [0.2, 0.25) is 0 Å². The van der Waals surface area contributed by atoms with Gasteiger partial charge in [-0.1, -0.05) is 18.2 Å². The Morgan fingerprint density at radius 2 is 1.81 bits per heavy atom. The summed E-state index contributed by atoms with van der Waals surface area (Å²) < 4.78 is 16.1. The van der Waals surface area contributed by atoms with Crippen LogP contribution >= 0.6 is 12.2 Å². The zero-order valence-corrected chi connectivity index (χ0v) is 17.9. The van der Waals surface area contributed by atoms with Gasteiger partial charge < -0.3 is 14.8 Å². The third-order valence-corrected chi connectivity index (χ3v) is 5.02. The zero-order valence-electron chi connectivity index (χ0n) is 17.1. The van der Waals surface area contributed by atoms with Crippen LogP contribution in [0.3, 0.4) is 0 Å². The fourth-order valence-corrected chi connectivity index (χ4v) is 3.49. The highest BCUT2D eigenvalue weighted by Crippen LogP contribution is 2.29. The third kappa shape index (κ3) is 4.22. The van der Waals surface area contributed by atoms with E-state index < -0.39 is 0 Å². The van der Waals surface area contributed by atoms with E-state index in [1.54, 1.807) is 37.1 Å². The van der Waals surface area contributed by atoms with Crippen LogP contribution in [0.15, 0.2) is 73.1 Å². The lowest BCUT2D eigenvalue weighted by Crippen LogP contribution is -2.20. The van der Waals surface area contributed by atoms with Crippen molar-refractivity contribution in [2.45, 2.75) is 6.54 Å². The van der Waals surface area contributed by atoms with Crippen LogP contribution in [0.25, 0.3) is 11.4 Å². The van der Waals surface area contributed by atoms with E-state index in [0.717, 1.165) is 5.56 Å². The van der Waals surface area contributed by atoms with Gasteiger partial charge in [0, 0.05) is 24.1 Å². The van der Waals surface area contributed by atoms with E-state index in [4.69, 9.17) is 21.7 Å². The number of anilines is 1. The number of hydrogen-bond acceptors (Lipinski definition) is 5. The number of carbonyl (C=O) groups is 1. The van der Waals surface area contributed by atoms with E-state index in [1.807, 2.05) is 59.5 Å². The minimum absolute atomic E-state index is 0.0491. The molecule has 158 valence electrons. The Morgan fingerprint density at radius 1 is 1.03 bits per heavy atom. The average Bonchev–Trinajstić information content (AvgIpc) is 3.42. The highest BCUT2D eigenvalue weighted by Gasteiger charge is 2.19. The first-order valence-corrected chi connectivity index (χ1v) is 9.92. The van der Waals surface area contributed by atoms with E-state index in [2.05, 4.69) is 10.4 Å². The normalized spacial score (nSPS) is 10.6. The molecule has 0 saturated carbocycles. The molecule has 31 heavy (non-hydrogen) atoms. The highest BCUT2D eigenvalue weighted by atomic mass is 32.1. The summed E-state index contributed by atoms with van der Waals surface area (Å²) in [5.41, 5.74) is 1.39. The average molecular weight is 436 g/mol. The molecule has 4 aromatic rings. The van der Waals surface area contributed by atoms with Crippen molar-refractivity contribution in [2.24, 2.45) is 0 Å². The molecule has 0 radical (unpaired) electrons. The first kappa shape index (κ1) is 20.4. The van der Waals surface area contributed by atoms with Crippen molar-refractivity contribution in [1.29, 1.82) is 0 Å². The van der Waals surface area contributed by atoms with Gasteiger partial charge in [0.2, 0.25) is 10.7 Å². The molecule has 0 spiro atoms. The summed E-state index contributed by atoms with van der Waals surface area (Å²) in [7, 11) is 3.18. The van der Waals surface area contributed by atoms with E-state index in [0.29, 0.717) is 27.8 Å². The Labute approximate surface area is 184 Å². The number of nitrogens with zero attached hydrogens (tertiary/aromatic N) is 4. The lowest BCUT2D eigenvalue weighted by molar-refractivity contribution is -0.116. The summed E-state index contributed by atoms with van der Waals surface area (Å²) in [6.45, 7) is -0.0491. The second-order valence-electron chi connectivity index (χ2n) is 6.62. The maximum atomic E-state index is 12.7. The van der Waals surface area contributed by atoms with Crippen molar-refractivity contribution in [1.82, 2.24) is 19.1 Å². The van der Waals surface area contributed by atoms with Crippen molar-refractivity contribution in [3.8, 4) is 22.9 Å². The lowest BCUT2D eigenvalue weighted by Gasteiger charge is -2.10. The van der Waals surface area contributed by atoms with Gasteiger partial charge in [-0.05, 0) is 48.6 Å². The van der Waals surface area contributed by atoms with Gasteiger partial charge >= 0.3 is 0 Å². The minimum atomic E-state index is -0.256. The summed E-state index contributed by atoms with van der Waals surface area (Å²) in [5.74, 6) is 1.62. The maximum Gasteiger partial charge on any atom is 0.246 e. The summed E-state index contributed by atoms with van der Waals surface area (Å²) >= 11 is 5.66. The Kier molecular flexibility index (Phi) is 5.85. The van der Waals surface area contributed by atoms with Gasteiger partial charge in [0.05, 0.1) is 19.8 Å². The molecule has 0 aliphatic heterocycles. The maximum absolute atomic E-state index is 12.7. The molecule has 8 nitrogen and oxygen atoms in total. The number of rotatable bonds is 7. The van der Waals surface area contributed by atoms with Crippen LogP contribution < -0.4 is 14.8 Å². The number of para-hydroxylation sites is 1. The highest BCUT2D eigenvalue weighted by molar-refractivity contribution is 7.71. The van der Waals surface area contributed by atoms with Gasteiger partial charge in [0.1, 0.15) is 18.0 Å². The summed E-state index contributed by atoms with van der Waals surface area (Å²) in [4.78, 5) is 12.7. The summed E-state index contributed by atoms with van der Waals surface area (Å²) in [6.07, 6.45) is 3.72. The number of amides is 1. The Hall–Kier alpha value is -3.85. The van der Waals surface area contributed by atoms with Gasteiger partial charge in [-0.15, -0.1) is 5.10 Å². The Morgan fingerprint density at radius 3 is 2.55 bits per heavy atom. The zero-order chi connectivity index (χ0) is 21.8. The van der Waals surface area contributed by atoms with Crippen LogP contribution in [0.1, 0.15) is 0 Å². The molecule has 0 saturated heterocycles. The molecule has 0 aliphatic carbocycles. The van der Waals surface area contributed by atoms with Gasteiger partial charge in [-0.3, -0.25) is 9.47 Å². The van der Waals surface area contributed by atoms with Gasteiger partial charge in [-0.2, -0.15) is 0 Å². The standard InChI is InChI=1S/C22H21N5O3S/c1-29-17-9-7-8-16(14-17)23-20(28)15-26-22(31)27(25-12-5-6-13-25)21(24-26)18-10-3-4-11-19(18)30-2/h3-14H,15H2,1-2H3,(H,23,28). The number of ether oxygens (including phenoxy) is 2. The predicted molar refractivity (Wildman–Crippen MR) is 120 cm³/mol. The number of aromatic nitrogens is 4. The lowest BCUT2D eigenvalue weighted by atomic mass is 10.2. The van der Waals surface area contributed by atoms with Crippen molar-refractivity contribution >= 4 is 23.8 Å². The SMILES string of the molecule is COc1cccc(NC(=O)Cn2nc(-c3ccccc3OC)n(-n3cccc3)c2=S)c1. The topological polar surface area (TPSA) is 75.2 Å². The molecule has 2 heterocycles. The number of hydrogen-bond donors (Lipinski definition) is 1. The van der Waals surface area contributed by atoms with E-state index in [-0.39, 0.29) is 12.5 Å². The minimum Gasteiger partial charge on any atom is -0.497 e. The van der Waals surface area contributed by atoms with Gasteiger partial charge in [0.15, 0.2) is 5.82 Å². The fourth-order valence-electron chi connectivity index (χ4n) is 3.20. The van der Waals surface area contributed by atoms with Crippen LogP contribution in [0, 0.1) is 4.77 Å². The largest absolute Gasteiger partial charge is 0.497 e. The Bertz CT molecular complexity index is 1260. The molecule has 0 unspecified atom stereocenters. The molecule has 0 atom stereocenters. The molecule has 0 bridgehead atoms. The molecule has 2 aromatic heterocycles. The molecule has 1 amide bonds. The molecular formula is C22H21N5O3S. The van der Waals surface area contributed by atoms with Crippen molar-refractivity contribution in [2.75, 3.05) is 19.5 Å². The summed E-state index contributed by atoms with van der Waals surface area (Å²) in [6, 6.07) is 18.5. The molecule has 9 heteroatoms. The number of benzene rings is 2. The van der Waals surface area contributed by atoms with Crippen molar-refractivity contribution in [3.63, 3.8) is 0 Å². The number of nitrogens with one attached hydrogen (secondary N) is 1. The van der Waals surface area contributed by atoms with E-state index in [9.17, 15) is 4.79 Å². The molecule has 4 rings (SSSR count). The second kappa shape index (κ2) is 8.88. The van der Waals surface area contributed by atoms with E-state index >= 15 is 0 Å². The second-order valence-corrected chi connectivity index (χ2v) is 6.98. The van der Waals surface area contributed by atoms with Crippen LogP contribution in [-0.2, 0) is 11.3 Å². The number of methoxy groups -OCH3 is 2. The van der Waals surface area contributed by atoms with Crippen LogP contribution in [-0.4, -0.2) is 39.3 Å². The predicted octanol–water partition coefficient (Wildman–Crippen LogP) is 3.85. The third-order valence-electron chi connectivity index (χ3n) is 4.63. The van der Waals surface area contributed by atoms with Crippen LogP contribution in [0.4, 0.5) is 5.69 Å². The van der Waals surface area contributed by atoms with Gasteiger partial charge in [-0.25, -0.2) is 9.36 Å². The number of carbonyl (C=O) groups excluding carboxylic acids is 1. The molecule has 0 aliphatic rings. The first-order chi connectivity index (χ1) is 15.1. The summed E-state index contributed by atoms with van der Waals surface area (Å²) in [5, 5.41) is 7.50. The molecule has 0 fully saturated rings. The van der Waals surface area contributed by atoms with Gasteiger partial charge in [0.25, 0.3) is 0 Å². The van der Waals surface area contributed by atoms with E-state index in [1.165, 1.54) is 4.68 Å². The quantitative estimate of drug-likeness (QED) is 0.446. The van der Waals surface area contributed by atoms with Crippen molar-refractivity contribution < 1.29 is 14.3 Å². The van der Waals surface area contributed by atoms with Crippen LogP contribution in [0.5, 0.6) is 11.5 Å². The first-order valence-electron chi connectivity index (χ1n) is 9.51. The molecule has 2 aromatic carbocycles. The molecule has 1 N–H and O–H groups in total. The Balaban J connectivity index is 1.70. The van der Waals surface area contributed by atoms with Crippen molar-refractivity contribution in [3.05, 3.63) is 77.8 Å². The smallest absolute Gasteiger partial charge is 0.246 e.